The van der Waals surface area contributed by atoms with Crippen LogP contribution in [-0.4, -0.2) is 52.1 Å². The van der Waals surface area contributed by atoms with Crippen molar-refractivity contribution < 1.29 is 32.3 Å². The van der Waals surface area contributed by atoms with Gasteiger partial charge in [-0.05, 0) is 30.3 Å². The molecule has 3 heterocycles. The molecule has 2 aliphatic rings. The summed E-state index contributed by atoms with van der Waals surface area (Å²) in [6.45, 7) is 0.591. The van der Waals surface area contributed by atoms with Crippen LogP contribution in [0.2, 0.25) is 10.0 Å². The number of rotatable bonds is 9. The fourth-order valence-corrected chi connectivity index (χ4v) is 6.25. The zero-order valence-electron chi connectivity index (χ0n) is 22.7. The monoisotopic (exact) mass is 621 g/mol. The third-order valence-corrected chi connectivity index (χ3v) is 8.92. The number of carboxylic acid groups (broad SMARTS) is 1. The van der Waals surface area contributed by atoms with Crippen LogP contribution < -0.4 is 4.90 Å². The predicted octanol–water partition coefficient (Wildman–Crippen LogP) is 7.56. The van der Waals surface area contributed by atoms with Gasteiger partial charge in [0.25, 0.3) is 5.92 Å². The Labute approximate surface area is 249 Å². The van der Waals surface area contributed by atoms with E-state index in [-0.39, 0.29) is 50.2 Å². The topological polar surface area (TPSA) is 80.7 Å². The molecule has 0 amide bonds. The van der Waals surface area contributed by atoms with Gasteiger partial charge in [-0.3, -0.25) is 0 Å². The Bertz CT molecular complexity index is 1640. The number of carboxylic acids is 1. The molecule has 1 unspecified atom stereocenters. The summed E-state index contributed by atoms with van der Waals surface area (Å²) in [5.74, 6) is -4.32. The summed E-state index contributed by atoms with van der Waals surface area (Å²) in [6, 6.07) is 10.5. The molecule has 2 aromatic carbocycles. The van der Waals surface area contributed by atoms with E-state index in [1.54, 1.807) is 42.1 Å². The Hall–Kier alpha value is -3.21. The standard InChI is InChI=1S/C30H28Cl2F3N3O4/c1-37-14-20(28(39)40)19-6-5-18(12-24(19)37)38-9-7-29(33,8-10-38)16-41-15-21-25(11-17-13-30(17,34)35)42-36-27(21)26-22(31)3-2-4-23(26)32/h2-6,12,14,17H,7-11,13,15-16H2,1H3,(H,39,40). The summed E-state index contributed by atoms with van der Waals surface area (Å²) in [5, 5.41) is 14.8. The summed E-state index contributed by atoms with van der Waals surface area (Å²) in [7, 11) is 1.79. The minimum Gasteiger partial charge on any atom is -0.478 e. The van der Waals surface area contributed by atoms with Gasteiger partial charge in [0.15, 0.2) is 0 Å². The molecule has 42 heavy (non-hydrogen) atoms. The fraction of sp³-hybridized carbons (Fsp3) is 0.400. The number of aromatic nitrogens is 2. The average Bonchev–Trinajstić information content (AvgIpc) is 3.21. The number of benzene rings is 2. The van der Waals surface area contributed by atoms with Crippen LogP contribution in [-0.2, 0) is 24.8 Å². The SMILES string of the molecule is Cn1cc(C(=O)O)c2ccc(N3CCC(F)(COCc4c(-c5c(Cl)cccc5Cl)noc4CC4CC4(F)F)CC3)cc21. The number of ether oxygens (including phenoxy) is 1. The van der Waals surface area contributed by atoms with E-state index in [0.717, 1.165) is 11.2 Å². The number of aryl methyl sites for hydroxylation is 1. The number of anilines is 1. The summed E-state index contributed by atoms with van der Waals surface area (Å²) in [6.07, 6.45) is 1.77. The van der Waals surface area contributed by atoms with Crippen molar-refractivity contribution in [1.29, 1.82) is 0 Å². The van der Waals surface area contributed by atoms with Crippen LogP contribution in [0.1, 0.15) is 40.9 Å². The number of carbonyl (C=O) groups is 1. The number of aromatic carboxylic acids is 1. The third-order valence-electron chi connectivity index (χ3n) is 8.29. The van der Waals surface area contributed by atoms with E-state index in [9.17, 15) is 18.7 Å². The van der Waals surface area contributed by atoms with Gasteiger partial charge in [-0.25, -0.2) is 18.0 Å². The van der Waals surface area contributed by atoms with Crippen molar-refractivity contribution in [2.24, 2.45) is 13.0 Å². The zero-order chi connectivity index (χ0) is 29.8. The number of piperidine rings is 1. The van der Waals surface area contributed by atoms with E-state index in [2.05, 4.69) is 10.1 Å². The second-order valence-corrected chi connectivity index (χ2v) is 12.0. The second kappa shape index (κ2) is 10.8. The minimum absolute atomic E-state index is 0.0179. The van der Waals surface area contributed by atoms with Crippen LogP contribution >= 0.6 is 23.2 Å². The number of halogens is 5. The van der Waals surface area contributed by atoms with Gasteiger partial charge in [0, 0.05) is 80.1 Å². The van der Waals surface area contributed by atoms with Crippen LogP contribution in [0.4, 0.5) is 18.9 Å². The smallest absolute Gasteiger partial charge is 0.337 e. The Kier molecular flexibility index (Phi) is 7.43. The van der Waals surface area contributed by atoms with Crippen molar-refractivity contribution in [1.82, 2.24) is 9.72 Å². The van der Waals surface area contributed by atoms with Gasteiger partial charge in [0.1, 0.15) is 17.1 Å². The van der Waals surface area contributed by atoms with E-state index in [4.69, 9.17) is 32.5 Å². The largest absolute Gasteiger partial charge is 0.478 e. The normalized spacial score (nSPS) is 19.4. The molecule has 1 aliphatic heterocycles. The van der Waals surface area contributed by atoms with E-state index in [0.29, 0.717) is 45.3 Å². The lowest BCUT2D eigenvalue weighted by Crippen LogP contribution is -2.44. The molecule has 0 spiro atoms. The molecule has 222 valence electrons. The van der Waals surface area contributed by atoms with Gasteiger partial charge in [0.05, 0.1) is 34.3 Å². The van der Waals surface area contributed by atoms with Gasteiger partial charge in [-0.15, -0.1) is 0 Å². The van der Waals surface area contributed by atoms with Gasteiger partial charge in [-0.2, -0.15) is 0 Å². The minimum atomic E-state index is -2.74. The Balaban J connectivity index is 1.14. The number of alkyl halides is 3. The van der Waals surface area contributed by atoms with Crippen LogP contribution in [0.5, 0.6) is 0 Å². The first-order chi connectivity index (χ1) is 20.0. The molecule has 1 atom stereocenters. The summed E-state index contributed by atoms with van der Waals surface area (Å²) in [5.41, 5.74) is 1.46. The summed E-state index contributed by atoms with van der Waals surface area (Å²) >= 11 is 12.8. The highest BCUT2D eigenvalue weighted by Crippen LogP contribution is 2.51. The maximum absolute atomic E-state index is 15.9. The van der Waals surface area contributed by atoms with Gasteiger partial charge in [-0.1, -0.05) is 34.4 Å². The molecule has 0 radical (unpaired) electrons. The van der Waals surface area contributed by atoms with E-state index < -0.39 is 23.5 Å². The number of fused-ring (bicyclic) bond motifs is 1. The zero-order valence-corrected chi connectivity index (χ0v) is 24.2. The summed E-state index contributed by atoms with van der Waals surface area (Å²) in [4.78, 5) is 13.6. The summed E-state index contributed by atoms with van der Waals surface area (Å²) < 4.78 is 56.4. The molecule has 7 nitrogen and oxygen atoms in total. The first-order valence-corrected chi connectivity index (χ1v) is 14.3. The average molecular weight is 622 g/mol. The highest BCUT2D eigenvalue weighted by Gasteiger charge is 2.57. The molecule has 1 N–H and O–H groups in total. The maximum Gasteiger partial charge on any atom is 0.337 e. The molecule has 2 fully saturated rings. The molecule has 12 heteroatoms. The second-order valence-electron chi connectivity index (χ2n) is 11.2. The van der Waals surface area contributed by atoms with Gasteiger partial charge >= 0.3 is 5.97 Å². The lowest BCUT2D eigenvalue weighted by atomic mass is 9.93. The Morgan fingerprint density at radius 2 is 1.86 bits per heavy atom. The van der Waals surface area contributed by atoms with E-state index >= 15 is 4.39 Å². The van der Waals surface area contributed by atoms with Crippen LogP contribution in [0.3, 0.4) is 0 Å². The lowest BCUT2D eigenvalue weighted by molar-refractivity contribution is -0.00762. The lowest BCUT2D eigenvalue weighted by Gasteiger charge is -2.37. The van der Waals surface area contributed by atoms with Crippen LogP contribution in [0.15, 0.2) is 47.1 Å². The molecule has 1 saturated carbocycles. The van der Waals surface area contributed by atoms with Crippen molar-refractivity contribution in [2.45, 2.75) is 43.9 Å². The molecule has 2 aromatic heterocycles. The van der Waals surface area contributed by atoms with Crippen molar-refractivity contribution in [3.05, 3.63) is 69.5 Å². The van der Waals surface area contributed by atoms with Crippen molar-refractivity contribution >= 4 is 45.8 Å². The highest BCUT2D eigenvalue weighted by atomic mass is 35.5. The van der Waals surface area contributed by atoms with Gasteiger partial charge in [0.2, 0.25) is 0 Å². The molecular weight excluding hydrogens is 594 g/mol. The first-order valence-electron chi connectivity index (χ1n) is 13.6. The molecule has 1 aliphatic carbocycles. The van der Waals surface area contributed by atoms with E-state index in [1.807, 2.05) is 12.1 Å². The number of hydrogen-bond donors (Lipinski definition) is 1. The van der Waals surface area contributed by atoms with Crippen LogP contribution in [0, 0.1) is 5.92 Å². The maximum atomic E-state index is 15.9. The molecular formula is C30H28Cl2F3N3O4. The molecule has 0 bridgehead atoms. The molecule has 4 aromatic rings. The van der Waals surface area contributed by atoms with Gasteiger partial charge < -0.3 is 23.8 Å². The highest BCUT2D eigenvalue weighted by molar-refractivity contribution is 6.39. The van der Waals surface area contributed by atoms with Crippen LogP contribution in [0.25, 0.3) is 22.2 Å². The third kappa shape index (κ3) is 5.47. The molecule has 1 saturated heterocycles. The predicted molar refractivity (Wildman–Crippen MR) is 154 cm³/mol. The number of hydrogen-bond acceptors (Lipinski definition) is 5. The van der Waals surface area contributed by atoms with E-state index in [1.165, 1.54) is 0 Å². The Morgan fingerprint density at radius 1 is 1.17 bits per heavy atom. The molecule has 6 rings (SSSR count). The number of nitrogens with zero attached hydrogens (tertiary/aromatic N) is 3. The first kappa shape index (κ1) is 28.9. The fourth-order valence-electron chi connectivity index (χ4n) is 5.67. The van der Waals surface area contributed by atoms with Crippen molar-refractivity contribution in [3.8, 4) is 11.3 Å². The Morgan fingerprint density at radius 3 is 2.50 bits per heavy atom. The van der Waals surface area contributed by atoms with Crippen molar-refractivity contribution in [2.75, 3.05) is 24.6 Å². The van der Waals surface area contributed by atoms with Crippen molar-refractivity contribution in [3.63, 3.8) is 0 Å². The quantitative estimate of drug-likeness (QED) is 0.208.